The van der Waals surface area contributed by atoms with E-state index in [9.17, 15) is 9.50 Å². The van der Waals surface area contributed by atoms with Crippen LogP contribution in [-0.2, 0) is 6.42 Å². The monoisotopic (exact) mass is 240 g/mol. The average molecular weight is 240 g/mol. The first-order valence-electron chi connectivity index (χ1n) is 5.93. The summed E-state index contributed by atoms with van der Waals surface area (Å²) in [7, 11) is 1.96. The maximum Gasteiger partial charge on any atom is 0.123 e. The Balaban J connectivity index is 2.21. The molecule has 0 fully saturated rings. The molecule has 0 radical (unpaired) electrons. The highest BCUT2D eigenvalue weighted by Crippen LogP contribution is 2.05. The Labute approximate surface area is 102 Å². The van der Waals surface area contributed by atoms with E-state index in [-0.39, 0.29) is 5.82 Å². The Kier molecular flexibility index (Phi) is 6.11. The van der Waals surface area contributed by atoms with Gasteiger partial charge in [-0.2, -0.15) is 0 Å². The third kappa shape index (κ3) is 5.77. The van der Waals surface area contributed by atoms with Gasteiger partial charge >= 0.3 is 0 Å². The molecule has 0 saturated heterocycles. The molecular weight excluding hydrogens is 219 g/mol. The van der Waals surface area contributed by atoms with Crippen molar-refractivity contribution in [3.63, 3.8) is 0 Å². The first kappa shape index (κ1) is 14.1. The molecule has 0 aliphatic carbocycles. The molecule has 17 heavy (non-hydrogen) atoms. The van der Waals surface area contributed by atoms with Crippen molar-refractivity contribution < 1.29 is 9.50 Å². The molecule has 0 spiro atoms. The number of aliphatic hydroxyl groups is 1. The number of aryl methyl sites for hydroxylation is 1. The van der Waals surface area contributed by atoms with Gasteiger partial charge in [-0.15, -0.1) is 0 Å². The maximum absolute atomic E-state index is 12.7. The van der Waals surface area contributed by atoms with Gasteiger partial charge in [0, 0.05) is 13.1 Å². The summed E-state index contributed by atoms with van der Waals surface area (Å²) in [6.45, 7) is 1.79. The van der Waals surface area contributed by atoms with Gasteiger partial charge in [0.05, 0.1) is 6.10 Å². The van der Waals surface area contributed by atoms with Crippen molar-refractivity contribution >= 4 is 0 Å². The summed E-state index contributed by atoms with van der Waals surface area (Å²) in [5.41, 5.74) is 6.48. The lowest BCUT2D eigenvalue weighted by Crippen LogP contribution is -2.34. The molecule has 0 aliphatic heterocycles. The van der Waals surface area contributed by atoms with Crippen LogP contribution in [0.25, 0.3) is 0 Å². The third-order valence-electron chi connectivity index (χ3n) is 2.71. The maximum atomic E-state index is 12.7. The van der Waals surface area contributed by atoms with Gasteiger partial charge in [0.1, 0.15) is 5.82 Å². The second kappa shape index (κ2) is 7.37. The van der Waals surface area contributed by atoms with Crippen LogP contribution >= 0.6 is 0 Å². The SMILES string of the molecule is CN(CCCc1ccc(F)cc1)C[C@H](O)CN. The van der Waals surface area contributed by atoms with E-state index in [4.69, 9.17) is 5.73 Å². The summed E-state index contributed by atoms with van der Waals surface area (Å²) in [6.07, 6.45) is 1.45. The number of nitrogens with two attached hydrogens (primary N) is 1. The molecule has 0 unspecified atom stereocenters. The largest absolute Gasteiger partial charge is 0.390 e. The van der Waals surface area contributed by atoms with Crippen molar-refractivity contribution in [2.75, 3.05) is 26.7 Å². The van der Waals surface area contributed by atoms with Gasteiger partial charge in [-0.1, -0.05) is 12.1 Å². The molecule has 0 aromatic heterocycles. The van der Waals surface area contributed by atoms with E-state index < -0.39 is 6.10 Å². The van der Waals surface area contributed by atoms with Gasteiger partial charge in [0.25, 0.3) is 0 Å². The number of nitrogens with zero attached hydrogens (tertiary/aromatic N) is 1. The van der Waals surface area contributed by atoms with Gasteiger partial charge in [-0.05, 0) is 44.1 Å². The van der Waals surface area contributed by atoms with Crippen molar-refractivity contribution in [2.45, 2.75) is 18.9 Å². The lowest BCUT2D eigenvalue weighted by Gasteiger charge is -2.19. The van der Waals surface area contributed by atoms with Gasteiger partial charge in [-0.25, -0.2) is 4.39 Å². The Morgan fingerprint density at radius 1 is 1.35 bits per heavy atom. The van der Waals surface area contributed by atoms with Crippen LogP contribution in [0.1, 0.15) is 12.0 Å². The van der Waals surface area contributed by atoms with Gasteiger partial charge < -0.3 is 15.7 Å². The number of rotatable bonds is 7. The molecule has 0 heterocycles. The molecule has 0 aliphatic rings. The van der Waals surface area contributed by atoms with Crippen LogP contribution in [0.5, 0.6) is 0 Å². The highest BCUT2D eigenvalue weighted by molar-refractivity contribution is 5.15. The minimum atomic E-state index is -0.453. The average Bonchev–Trinajstić information content (AvgIpc) is 2.31. The lowest BCUT2D eigenvalue weighted by molar-refractivity contribution is 0.132. The Bertz CT molecular complexity index is 316. The van der Waals surface area contributed by atoms with Gasteiger partial charge in [-0.3, -0.25) is 0 Å². The zero-order chi connectivity index (χ0) is 12.7. The standard InChI is InChI=1S/C13H21FN2O/c1-16(10-13(17)9-15)8-2-3-11-4-6-12(14)7-5-11/h4-7,13,17H,2-3,8-10,15H2,1H3/t13-/m1/s1. The van der Waals surface area contributed by atoms with Crippen LogP contribution in [-0.4, -0.2) is 42.8 Å². The number of halogens is 1. The number of likely N-dealkylation sites (N-methyl/N-ethyl adjacent to an activating group) is 1. The first-order valence-corrected chi connectivity index (χ1v) is 5.93. The second-order valence-electron chi connectivity index (χ2n) is 4.38. The molecule has 3 N–H and O–H groups in total. The van der Waals surface area contributed by atoms with E-state index in [1.165, 1.54) is 12.1 Å². The van der Waals surface area contributed by atoms with Crippen LogP contribution < -0.4 is 5.73 Å². The van der Waals surface area contributed by atoms with Crippen molar-refractivity contribution in [1.82, 2.24) is 4.90 Å². The summed E-state index contributed by atoms with van der Waals surface area (Å²) in [6, 6.07) is 6.59. The Hall–Kier alpha value is -0.970. The van der Waals surface area contributed by atoms with Gasteiger partial charge in [0.15, 0.2) is 0 Å². The number of hydrogen-bond acceptors (Lipinski definition) is 3. The smallest absolute Gasteiger partial charge is 0.123 e. The fourth-order valence-electron chi connectivity index (χ4n) is 1.73. The number of hydrogen-bond donors (Lipinski definition) is 2. The normalized spacial score (nSPS) is 13.0. The molecule has 0 bridgehead atoms. The fraction of sp³-hybridized carbons (Fsp3) is 0.538. The van der Waals surface area contributed by atoms with Crippen LogP contribution in [0.3, 0.4) is 0 Å². The summed E-state index contributed by atoms with van der Waals surface area (Å²) in [5.74, 6) is -0.197. The van der Waals surface area contributed by atoms with E-state index in [1.807, 2.05) is 19.2 Å². The fourth-order valence-corrected chi connectivity index (χ4v) is 1.73. The van der Waals surface area contributed by atoms with Crippen molar-refractivity contribution in [1.29, 1.82) is 0 Å². The molecule has 1 rings (SSSR count). The zero-order valence-corrected chi connectivity index (χ0v) is 10.3. The lowest BCUT2D eigenvalue weighted by atomic mass is 10.1. The topological polar surface area (TPSA) is 49.5 Å². The van der Waals surface area contributed by atoms with E-state index >= 15 is 0 Å². The molecule has 1 aromatic rings. The highest BCUT2D eigenvalue weighted by Gasteiger charge is 2.05. The van der Waals surface area contributed by atoms with E-state index in [0.717, 1.165) is 24.9 Å². The molecule has 0 saturated carbocycles. The third-order valence-corrected chi connectivity index (χ3v) is 2.71. The molecule has 3 nitrogen and oxygen atoms in total. The minimum absolute atomic E-state index is 0.197. The molecule has 1 atom stereocenters. The molecular formula is C13H21FN2O. The van der Waals surface area contributed by atoms with Crippen molar-refractivity contribution in [3.8, 4) is 0 Å². The summed E-state index contributed by atoms with van der Waals surface area (Å²) in [4.78, 5) is 2.06. The summed E-state index contributed by atoms with van der Waals surface area (Å²) in [5, 5.41) is 9.37. The van der Waals surface area contributed by atoms with E-state index in [1.54, 1.807) is 0 Å². The highest BCUT2D eigenvalue weighted by atomic mass is 19.1. The predicted octanol–water partition coefficient (Wildman–Crippen LogP) is 1.01. The molecule has 96 valence electrons. The van der Waals surface area contributed by atoms with Crippen LogP contribution in [0.4, 0.5) is 4.39 Å². The summed E-state index contributed by atoms with van der Waals surface area (Å²) < 4.78 is 12.7. The van der Waals surface area contributed by atoms with Crippen molar-refractivity contribution in [2.24, 2.45) is 5.73 Å². The Morgan fingerprint density at radius 2 is 2.00 bits per heavy atom. The first-order chi connectivity index (χ1) is 8.11. The summed E-state index contributed by atoms with van der Waals surface area (Å²) >= 11 is 0. The minimum Gasteiger partial charge on any atom is -0.390 e. The van der Waals surface area contributed by atoms with E-state index in [0.29, 0.717) is 13.1 Å². The van der Waals surface area contributed by atoms with Crippen molar-refractivity contribution in [3.05, 3.63) is 35.6 Å². The molecule has 1 aromatic carbocycles. The second-order valence-corrected chi connectivity index (χ2v) is 4.38. The quantitative estimate of drug-likeness (QED) is 0.748. The van der Waals surface area contributed by atoms with Crippen LogP contribution in [0.15, 0.2) is 24.3 Å². The number of aliphatic hydroxyl groups excluding tert-OH is 1. The van der Waals surface area contributed by atoms with Crippen LogP contribution in [0.2, 0.25) is 0 Å². The zero-order valence-electron chi connectivity index (χ0n) is 10.3. The predicted molar refractivity (Wildman–Crippen MR) is 67.3 cm³/mol. The molecule has 4 heteroatoms. The van der Waals surface area contributed by atoms with E-state index in [2.05, 4.69) is 4.90 Å². The van der Waals surface area contributed by atoms with Crippen LogP contribution in [0, 0.1) is 5.82 Å². The Morgan fingerprint density at radius 3 is 2.59 bits per heavy atom. The van der Waals surface area contributed by atoms with Gasteiger partial charge in [0.2, 0.25) is 0 Å². The molecule has 0 amide bonds. The number of benzene rings is 1.